The first kappa shape index (κ1) is 14.6. The largest absolute Gasteiger partial charge is 0.504 e. The predicted molar refractivity (Wildman–Crippen MR) is 91.8 cm³/mol. The van der Waals surface area contributed by atoms with E-state index < -0.39 is 0 Å². The van der Waals surface area contributed by atoms with Crippen LogP contribution in [0, 0.1) is 6.92 Å². The predicted octanol–water partition coefficient (Wildman–Crippen LogP) is 4.46. The Kier molecular flexibility index (Phi) is 3.17. The van der Waals surface area contributed by atoms with Gasteiger partial charge in [-0.1, -0.05) is 31.5 Å². The molecule has 0 saturated carbocycles. The molecule has 2 aromatic rings. The number of nitrogens with zero attached hydrogens (tertiary/aromatic N) is 1. The second-order valence-electron chi connectivity index (χ2n) is 6.92. The molecule has 3 nitrogen and oxygen atoms in total. The van der Waals surface area contributed by atoms with Gasteiger partial charge in [-0.2, -0.15) is 0 Å². The summed E-state index contributed by atoms with van der Waals surface area (Å²) in [6.07, 6.45) is 3.20. The molecule has 4 rings (SSSR count). The van der Waals surface area contributed by atoms with E-state index in [2.05, 4.69) is 37.9 Å². The standard InChI is InChI=1S/C20H23NO2/c1-4-5-14-13-8-6-11(2)17-18-12(7-9-16(22)20(18)23)10-15(19(13)17)21(14)3/h6-9,14-15,22-23H,4-5,10H2,1-3H3/t14-,15+/m0/s1. The number of hydrogen-bond acceptors (Lipinski definition) is 3. The number of phenols is 2. The molecule has 120 valence electrons. The highest BCUT2D eigenvalue weighted by Crippen LogP contribution is 2.55. The summed E-state index contributed by atoms with van der Waals surface area (Å²) in [5.74, 6) is -0.00490. The Hall–Kier alpha value is -2.00. The van der Waals surface area contributed by atoms with Crippen LogP contribution in [0.5, 0.6) is 11.5 Å². The molecule has 0 spiro atoms. The van der Waals surface area contributed by atoms with Gasteiger partial charge in [-0.3, -0.25) is 4.90 Å². The Morgan fingerprint density at radius 3 is 2.65 bits per heavy atom. The maximum absolute atomic E-state index is 10.5. The molecule has 0 saturated heterocycles. The van der Waals surface area contributed by atoms with Crippen molar-refractivity contribution in [2.24, 2.45) is 0 Å². The highest BCUT2D eigenvalue weighted by Gasteiger charge is 2.41. The van der Waals surface area contributed by atoms with Gasteiger partial charge in [0, 0.05) is 17.6 Å². The lowest BCUT2D eigenvalue weighted by Crippen LogP contribution is -2.24. The maximum atomic E-state index is 10.5. The third-order valence-corrected chi connectivity index (χ3v) is 5.63. The van der Waals surface area contributed by atoms with Gasteiger partial charge in [-0.25, -0.2) is 0 Å². The molecule has 23 heavy (non-hydrogen) atoms. The fourth-order valence-electron chi connectivity index (χ4n) is 4.52. The summed E-state index contributed by atoms with van der Waals surface area (Å²) in [5.41, 5.74) is 7.02. The van der Waals surface area contributed by atoms with Crippen molar-refractivity contribution in [1.29, 1.82) is 0 Å². The second-order valence-corrected chi connectivity index (χ2v) is 6.92. The minimum Gasteiger partial charge on any atom is -0.504 e. The van der Waals surface area contributed by atoms with Gasteiger partial charge in [0.15, 0.2) is 11.5 Å². The van der Waals surface area contributed by atoms with Crippen molar-refractivity contribution < 1.29 is 10.2 Å². The smallest absolute Gasteiger partial charge is 0.165 e. The van der Waals surface area contributed by atoms with Crippen molar-refractivity contribution in [3.05, 3.63) is 46.5 Å². The molecule has 1 aliphatic carbocycles. The van der Waals surface area contributed by atoms with Crippen LogP contribution in [0.4, 0.5) is 0 Å². The number of hydrogen-bond donors (Lipinski definition) is 2. The van der Waals surface area contributed by atoms with Crippen molar-refractivity contribution in [2.75, 3.05) is 7.05 Å². The van der Waals surface area contributed by atoms with Crippen LogP contribution in [-0.4, -0.2) is 22.2 Å². The van der Waals surface area contributed by atoms with Crippen molar-refractivity contribution in [3.8, 4) is 22.6 Å². The molecule has 0 bridgehead atoms. The molecule has 0 amide bonds. The maximum Gasteiger partial charge on any atom is 0.165 e. The Labute approximate surface area is 137 Å². The van der Waals surface area contributed by atoms with Gasteiger partial charge in [-0.05, 0) is 60.7 Å². The fourth-order valence-corrected chi connectivity index (χ4v) is 4.52. The SMILES string of the molecule is CCC[C@H]1c2ccc(C)c3c2[C@@H](Cc2ccc(O)c(O)c2-3)N1C. The molecule has 2 atom stereocenters. The topological polar surface area (TPSA) is 43.7 Å². The van der Waals surface area contributed by atoms with Crippen LogP contribution in [0.15, 0.2) is 24.3 Å². The summed E-state index contributed by atoms with van der Waals surface area (Å²) in [7, 11) is 2.22. The van der Waals surface area contributed by atoms with Crippen molar-refractivity contribution in [1.82, 2.24) is 4.90 Å². The van der Waals surface area contributed by atoms with E-state index in [4.69, 9.17) is 0 Å². The number of benzene rings is 2. The molecule has 1 aliphatic heterocycles. The van der Waals surface area contributed by atoms with Crippen LogP contribution in [0.2, 0.25) is 0 Å². The van der Waals surface area contributed by atoms with Crippen LogP contribution in [-0.2, 0) is 6.42 Å². The van der Waals surface area contributed by atoms with Crippen LogP contribution < -0.4 is 0 Å². The number of likely N-dealkylation sites (N-methyl/N-ethyl adjacent to an activating group) is 1. The van der Waals surface area contributed by atoms with Crippen LogP contribution in [0.25, 0.3) is 11.1 Å². The van der Waals surface area contributed by atoms with Crippen LogP contribution in [0.3, 0.4) is 0 Å². The second kappa shape index (κ2) is 5.00. The molecule has 2 aromatic carbocycles. The average Bonchev–Trinajstić information content (AvgIpc) is 2.80. The van der Waals surface area contributed by atoms with Gasteiger partial charge in [0.25, 0.3) is 0 Å². The average molecular weight is 309 g/mol. The molecule has 2 aliphatic rings. The summed E-state index contributed by atoms with van der Waals surface area (Å²) in [6, 6.07) is 8.80. The van der Waals surface area contributed by atoms with Gasteiger partial charge >= 0.3 is 0 Å². The molecule has 2 N–H and O–H groups in total. The van der Waals surface area contributed by atoms with E-state index >= 15 is 0 Å². The third-order valence-electron chi connectivity index (χ3n) is 5.63. The van der Waals surface area contributed by atoms with Gasteiger partial charge in [-0.15, -0.1) is 0 Å². The molecule has 3 heteroatoms. The number of aryl methyl sites for hydroxylation is 1. The molecule has 0 radical (unpaired) electrons. The minimum atomic E-state index is -0.0318. The summed E-state index contributed by atoms with van der Waals surface area (Å²) in [5, 5.41) is 20.5. The number of aromatic hydroxyl groups is 2. The molecule has 1 heterocycles. The lowest BCUT2D eigenvalue weighted by atomic mass is 9.79. The fraction of sp³-hybridized carbons (Fsp3) is 0.400. The highest BCUT2D eigenvalue weighted by atomic mass is 16.3. The van der Waals surface area contributed by atoms with E-state index in [9.17, 15) is 10.2 Å². The van der Waals surface area contributed by atoms with E-state index in [-0.39, 0.29) is 11.5 Å². The monoisotopic (exact) mass is 309 g/mol. The first-order valence-electron chi connectivity index (χ1n) is 8.44. The third kappa shape index (κ3) is 1.86. The Morgan fingerprint density at radius 2 is 1.91 bits per heavy atom. The Balaban J connectivity index is 2.02. The van der Waals surface area contributed by atoms with E-state index in [0.29, 0.717) is 12.1 Å². The van der Waals surface area contributed by atoms with Crippen LogP contribution >= 0.6 is 0 Å². The Bertz CT molecular complexity index is 797. The molecule has 0 fully saturated rings. The van der Waals surface area contributed by atoms with E-state index in [0.717, 1.165) is 36.0 Å². The summed E-state index contributed by atoms with van der Waals surface area (Å²) < 4.78 is 0. The first-order valence-corrected chi connectivity index (χ1v) is 8.44. The number of fused-ring (bicyclic) bond motifs is 2. The molecular weight excluding hydrogens is 286 g/mol. The lowest BCUT2D eigenvalue weighted by molar-refractivity contribution is 0.194. The molecule has 0 unspecified atom stereocenters. The number of phenolic OH excluding ortho intramolecular Hbond substituents is 2. The zero-order chi connectivity index (χ0) is 16.3. The zero-order valence-electron chi connectivity index (χ0n) is 13.9. The summed E-state index contributed by atoms with van der Waals surface area (Å²) in [6.45, 7) is 4.33. The molecular formula is C20H23NO2. The highest BCUT2D eigenvalue weighted by molar-refractivity contribution is 5.84. The quantitative estimate of drug-likeness (QED) is 0.805. The zero-order valence-corrected chi connectivity index (χ0v) is 13.9. The summed E-state index contributed by atoms with van der Waals surface area (Å²) in [4.78, 5) is 2.49. The van der Waals surface area contributed by atoms with Gasteiger partial charge in [0.1, 0.15) is 0 Å². The number of rotatable bonds is 2. The van der Waals surface area contributed by atoms with Crippen molar-refractivity contribution in [3.63, 3.8) is 0 Å². The van der Waals surface area contributed by atoms with Gasteiger partial charge in [0.05, 0.1) is 0 Å². The van der Waals surface area contributed by atoms with Crippen molar-refractivity contribution in [2.45, 2.75) is 45.2 Å². The van der Waals surface area contributed by atoms with E-state index in [1.165, 1.54) is 16.7 Å². The minimum absolute atomic E-state index is 0.0269. The molecule has 0 aromatic heterocycles. The van der Waals surface area contributed by atoms with E-state index in [1.807, 2.05) is 6.07 Å². The Morgan fingerprint density at radius 1 is 1.13 bits per heavy atom. The lowest BCUT2D eigenvalue weighted by Gasteiger charge is -2.31. The van der Waals surface area contributed by atoms with Crippen molar-refractivity contribution >= 4 is 0 Å². The first-order chi connectivity index (χ1) is 11.0. The van der Waals surface area contributed by atoms with Crippen LogP contribution in [0.1, 0.15) is 54.1 Å². The van der Waals surface area contributed by atoms with Gasteiger partial charge < -0.3 is 10.2 Å². The van der Waals surface area contributed by atoms with E-state index in [1.54, 1.807) is 6.07 Å². The normalized spacial score (nSPS) is 22.0. The van der Waals surface area contributed by atoms with Gasteiger partial charge in [0.2, 0.25) is 0 Å². The summed E-state index contributed by atoms with van der Waals surface area (Å²) >= 11 is 0.